The number of nitrogens with zero attached hydrogens (tertiary/aromatic N) is 2. The molecule has 0 amide bonds. The van der Waals surface area contributed by atoms with Crippen LogP contribution < -0.4 is 9.47 Å². The molecule has 0 saturated carbocycles. The summed E-state index contributed by atoms with van der Waals surface area (Å²) in [5.74, 6) is 1.99. The zero-order valence-electron chi connectivity index (χ0n) is 15.3. The van der Waals surface area contributed by atoms with E-state index < -0.39 is 0 Å². The van der Waals surface area contributed by atoms with Gasteiger partial charge in [-0.2, -0.15) is 0 Å². The third kappa shape index (κ3) is 4.61. The maximum Gasteiger partial charge on any atom is 0.148 e. The average Bonchev–Trinajstić information content (AvgIpc) is 3.06. The van der Waals surface area contributed by atoms with Gasteiger partial charge in [0.2, 0.25) is 0 Å². The number of hydrogen-bond donors (Lipinski definition) is 0. The Kier molecular flexibility index (Phi) is 6.14. The van der Waals surface area contributed by atoms with E-state index >= 15 is 0 Å². The molecule has 0 radical (unpaired) electrons. The molecule has 0 aliphatic rings. The molecular formula is C22H17Cl3N2O2. The van der Waals surface area contributed by atoms with Gasteiger partial charge < -0.3 is 14.0 Å². The predicted octanol–water partition coefficient (Wildman–Crippen LogP) is 6.65. The molecule has 0 bridgehead atoms. The second kappa shape index (κ2) is 8.95. The molecular weight excluding hydrogens is 431 g/mol. The highest BCUT2D eigenvalue weighted by Gasteiger charge is 2.12. The van der Waals surface area contributed by atoms with E-state index in [9.17, 15) is 0 Å². The van der Waals surface area contributed by atoms with Crippen LogP contribution >= 0.6 is 34.8 Å². The third-order valence-corrected chi connectivity index (χ3v) is 5.24. The zero-order valence-corrected chi connectivity index (χ0v) is 17.6. The monoisotopic (exact) mass is 446 g/mol. The number of halogens is 3. The van der Waals surface area contributed by atoms with E-state index in [1.54, 1.807) is 24.3 Å². The van der Waals surface area contributed by atoms with Crippen LogP contribution in [0, 0.1) is 0 Å². The lowest BCUT2D eigenvalue weighted by Crippen LogP contribution is -2.13. The number of fused-ring (bicyclic) bond motifs is 1. The smallest absolute Gasteiger partial charge is 0.148 e. The maximum absolute atomic E-state index is 6.21. The largest absolute Gasteiger partial charge is 0.490 e. The van der Waals surface area contributed by atoms with Crippen molar-refractivity contribution in [2.75, 3.05) is 6.61 Å². The Labute approximate surface area is 183 Å². The number of ether oxygens (including phenoxy) is 2. The van der Waals surface area contributed by atoms with Crippen molar-refractivity contribution in [1.82, 2.24) is 9.55 Å². The molecule has 1 aromatic heterocycles. The van der Waals surface area contributed by atoms with Crippen LogP contribution in [-0.2, 0) is 13.2 Å². The van der Waals surface area contributed by atoms with Gasteiger partial charge in [0.1, 0.15) is 30.5 Å². The van der Waals surface area contributed by atoms with E-state index in [0.717, 1.165) is 16.9 Å². The van der Waals surface area contributed by atoms with Crippen LogP contribution in [0.3, 0.4) is 0 Å². The van der Waals surface area contributed by atoms with Gasteiger partial charge in [0.15, 0.2) is 0 Å². The molecule has 4 rings (SSSR count). The van der Waals surface area contributed by atoms with Crippen LogP contribution in [0.2, 0.25) is 15.1 Å². The summed E-state index contributed by atoms with van der Waals surface area (Å²) in [7, 11) is 0. The minimum atomic E-state index is 0.266. The molecule has 0 aliphatic carbocycles. The number of rotatable bonds is 7. The van der Waals surface area contributed by atoms with Crippen molar-refractivity contribution in [1.29, 1.82) is 0 Å². The second-order valence-corrected chi connectivity index (χ2v) is 7.56. The van der Waals surface area contributed by atoms with E-state index in [2.05, 4.69) is 4.57 Å². The summed E-state index contributed by atoms with van der Waals surface area (Å²) in [6, 6.07) is 20.5. The number of aromatic nitrogens is 2. The Hall–Kier alpha value is -2.40. The molecule has 0 spiro atoms. The van der Waals surface area contributed by atoms with E-state index in [1.807, 2.05) is 42.5 Å². The molecule has 7 heteroatoms. The molecule has 0 N–H and O–H groups in total. The third-order valence-electron chi connectivity index (χ3n) is 4.39. The van der Waals surface area contributed by atoms with Gasteiger partial charge in [-0.1, -0.05) is 59.1 Å². The number of para-hydroxylation sites is 3. The highest BCUT2D eigenvalue weighted by molar-refractivity contribution is 6.35. The van der Waals surface area contributed by atoms with Gasteiger partial charge in [0, 0.05) is 5.02 Å². The number of benzene rings is 3. The summed E-state index contributed by atoms with van der Waals surface area (Å²) in [5.41, 5.74) is 1.90. The molecule has 1 heterocycles. The summed E-state index contributed by atoms with van der Waals surface area (Å²) in [6.07, 6.45) is 0. The second-order valence-electron chi connectivity index (χ2n) is 6.31. The minimum absolute atomic E-state index is 0.266. The summed E-state index contributed by atoms with van der Waals surface area (Å²) in [5, 5.41) is 1.61. The molecule has 0 atom stereocenters. The van der Waals surface area contributed by atoms with Gasteiger partial charge in [-0.25, -0.2) is 4.98 Å². The first-order valence-corrected chi connectivity index (χ1v) is 10.1. The molecule has 3 aromatic carbocycles. The van der Waals surface area contributed by atoms with Crippen molar-refractivity contribution in [3.63, 3.8) is 0 Å². The van der Waals surface area contributed by atoms with Gasteiger partial charge in [0.25, 0.3) is 0 Å². The van der Waals surface area contributed by atoms with Gasteiger partial charge in [-0.05, 0) is 42.5 Å². The molecule has 29 heavy (non-hydrogen) atoms. The van der Waals surface area contributed by atoms with Crippen molar-refractivity contribution in [3.8, 4) is 11.5 Å². The molecule has 148 valence electrons. The summed E-state index contributed by atoms with van der Waals surface area (Å²) < 4.78 is 13.8. The Balaban J connectivity index is 1.53. The first-order valence-electron chi connectivity index (χ1n) is 9.01. The molecule has 0 unspecified atom stereocenters. The Morgan fingerprint density at radius 2 is 1.55 bits per heavy atom. The van der Waals surface area contributed by atoms with Gasteiger partial charge in [-0.15, -0.1) is 0 Å². The Bertz CT molecular complexity index is 1140. The van der Waals surface area contributed by atoms with Crippen LogP contribution in [0.5, 0.6) is 11.5 Å². The Morgan fingerprint density at radius 1 is 0.793 bits per heavy atom. The molecule has 4 aromatic rings. The predicted molar refractivity (Wildman–Crippen MR) is 117 cm³/mol. The quantitative estimate of drug-likeness (QED) is 0.318. The van der Waals surface area contributed by atoms with Crippen LogP contribution in [0.15, 0.2) is 66.7 Å². The van der Waals surface area contributed by atoms with E-state index in [1.165, 1.54) is 0 Å². The van der Waals surface area contributed by atoms with Crippen molar-refractivity contribution in [2.45, 2.75) is 13.2 Å². The average molecular weight is 448 g/mol. The van der Waals surface area contributed by atoms with Gasteiger partial charge >= 0.3 is 0 Å². The van der Waals surface area contributed by atoms with Crippen molar-refractivity contribution in [2.24, 2.45) is 0 Å². The number of imidazole rings is 1. The van der Waals surface area contributed by atoms with Crippen LogP contribution in [-0.4, -0.2) is 16.2 Å². The van der Waals surface area contributed by atoms with Crippen LogP contribution in [0.1, 0.15) is 5.82 Å². The Morgan fingerprint density at radius 3 is 2.38 bits per heavy atom. The standard InChI is InChI=1S/C22H17Cl3N2O2/c23-15-9-10-21(17(25)13-15)29-14-22-26-18-6-2-3-7-19(18)27(22)11-12-28-20-8-4-1-5-16(20)24/h1-10,13H,11-12,14H2. The summed E-state index contributed by atoms with van der Waals surface area (Å²) in [6.45, 7) is 1.31. The first-order chi connectivity index (χ1) is 14.1. The van der Waals surface area contributed by atoms with Crippen molar-refractivity contribution < 1.29 is 9.47 Å². The topological polar surface area (TPSA) is 36.3 Å². The lowest BCUT2D eigenvalue weighted by atomic mass is 10.3. The molecule has 0 aliphatic heterocycles. The summed E-state index contributed by atoms with van der Waals surface area (Å²) in [4.78, 5) is 4.71. The van der Waals surface area contributed by atoms with Crippen LogP contribution in [0.4, 0.5) is 0 Å². The molecule has 0 saturated heterocycles. The maximum atomic E-state index is 6.21. The summed E-state index contributed by atoms with van der Waals surface area (Å²) >= 11 is 18.3. The SMILES string of the molecule is Clc1ccc(OCc2nc3ccccc3n2CCOc2ccccc2Cl)c(Cl)c1. The van der Waals surface area contributed by atoms with Crippen LogP contribution in [0.25, 0.3) is 11.0 Å². The fraction of sp³-hybridized carbons (Fsp3) is 0.136. The number of hydrogen-bond acceptors (Lipinski definition) is 3. The molecule has 4 nitrogen and oxygen atoms in total. The lowest BCUT2D eigenvalue weighted by Gasteiger charge is -2.13. The van der Waals surface area contributed by atoms with E-state index in [4.69, 9.17) is 49.3 Å². The van der Waals surface area contributed by atoms with E-state index in [-0.39, 0.29) is 6.61 Å². The first kappa shape index (κ1) is 19.9. The fourth-order valence-corrected chi connectivity index (χ4v) is 3.68. The highest BCUT2D eigenvalue weighted by atomic mass is 35.5. The minimum Gasteiger partial charge on any atom is -0.490 e. The lowest BCUT2D eigenvalue weighted by molar-refractivity contribution is 0.272. The van der Waals surface area contributed by atoms with Gasteiger partial charge in [-0.3, -0.25) is 0 Å². The van der Waals surface area contributed by atoms with Crippen molar-refractivity contribution >= 4 is 45.8 Å². The normalized spacial score (nSPS) is 11.0. The zero-order chi connectivity index (χ0) is 20.2. The highest BCUT2D eigenvalue weighted by Crippen LogP contribution is 2.28. The van der Waals surface area contributed by atoms with E-state index in [0.29, 0.717) is 39.7 Å². The van der Waals surface area contributed by atoms with Gasteiger partial charge in [0.05, 0.1) is 27.6 Å². The fourth-order valence-electron chi connectivity index (χ4n) is 3.03. The molecule has 0 fully saturated rings. The van der Waals surface area contributed by atoms with Crippen molar-refractivity contribution in [3.05, 3.63) is 87.6 Å².